The summed E-state index contributed by atoms with van der Waals surface area (Å²) < 4.78 is 8.70. The molecule has 0 spiro atoms. The van der Waals surface area contributed by atoms with E-state index in [2.05, 4.69) is 19.0 Å². The molecular formula is C14H16Cl2N4S. The smallest absolute Gasteiger partial charge is 0.131 e. The first-order valence-corrected chi connectivity index (χ1v) is 8.82. The van der Waals surface area contributed by atoms with Crippen LogP contribution in [0.5, 0.6) is 0 Å². The van der Waals surface area contributed by atoms with E-state index in [9.17, 15) is 0 Å². The molecule has 1 aliphatic carbocycles. The Balaban J connectivity index is 1.66. The summed E-state index contributed by atoms with van der Waals surface area (Å²) in [6.07, 6.45) is 5.04. The fraction of sp³-hybridized carbons (Fsp3) is 0.571. The molecule has 7 heteroatoms. The topological polar surface area (TPSA) is 41.1 Å². The normalized spacial score (nSPS) is 23.0. The summed E-state index contributed by atoms with van der Waals surface area (Å²) in [5.41, 5.74) is 2.59. The van der Waals surface area contributed by atoms with Crippen LogP contribution in [0.25, 0.3) is 11.0 Å². The number of halogens is 2. The predicted molar refractivity (Wildman–Crippen MR) is 88.8 cm³/mol. The number of rotatable bonds is 3. The number of aromatic nitrogens is 2. The van der Waals surface area contributed by atoms with Crippen LogP contribution in [0.1, 0.15) is 25.7 Å². The van der Waals surface area contributed by atoms with E-state index in [1.165, 1.54) is 37.4 Å². The van der Waals surface area contributed by atoms with Crippen LogP contribution in [-0.4, -0.2) is 33.9 Å². The first kappa shape index (κ1) is 14.0. The lowest BCUT2D eigenvalue weighted by molar-refractivity contribution is 0.421. The minimum atomic E-state index is 0.541. The summed E-state index contributed by atoms with van der Waals surface area (Å²) in [6, 6.07) is 3.07. The van der Waals surface area contributed by atoms with E-state index >= 15 is 0 Å². The van der Waals surface area contributed by atoms with Gasteiger partial charge in [0.05, 0.1) is 27.5 Å². The van der Waals surface area contributed by atoms with Gasteiger partial charge in [0, 0.05) is 25.2 Å². The van der Waals surface area contributed by atoms with E-state index in [1.54, 1.807) is 6.07 Å². The highest BCUT2D eigenvalue weighted by atomic mass is 35.5. The van der Waals surface area contributed by atoms with Gasteiger partial charge in [-0.25, -0.2) is 0 Å². The molecule has 1 saturated heterocycles. The van der Waals surface area contributed by atoms with Gasteiger partial charge in [-0.1, -0.05) is 23.2 Å². The van der Waals surface area contributed by atoms with Gasteiger partial charge in [-0.15, -0.1) is 0 Å². The highest BCUT2D eigenvalue weighted by Gasteiger charge is 2.29. The van der Waals surface area contributed by atoms with Crippen molar-refractivity contribution < 1.29 is 0 Å². The highest BCUT2D eigenvalue weighted by molar-refractivity contribution is 7.00. The van der Waals surface area contributed by atoms with Crippen LogP contribution in [0.2, 0.25) is 10.0 Å². The van der Waals surface area contributed by atoms with Crippen LogP contribution in [0.15, 0.2) is 6.07 Å². The fourth-order valence-electron chi connectivity index (χ4n) is 3.06. The monoisotopic (exact) mass is 342 g/mol. The van der Waals surface area contributed by atoms with Gasteiger partial charge in [0.25, 0.3) is 0 Å². The van der Waals surface area contributed by atoms with Crippen molar-refractivity contribution in [3.8, 4) is 0 Å². The van der Waals surface area contributed by atoms with E-state index in [-0.39, 0.29) is 0 Å². The molecule has 0 amide bonds. The molecule has 1 aromatic carbocycles. The maximum absolute atomic E-state index is 6.45. The van der Waals surface area contributed by atoms with Gasteiger partial charge in [0.15, 0.2) is 0 Å². The molecule has 1 saturated carbocycles. The standard InChI is InChI=1S/C14H16Cl2N4S/c15-10-6-11(16)14(13-12(10)18-21-19-13)20-5-1-2-9(7-20)17-8-3-4-8/h6,8-9,17H,1-5,7H2. The molecule has 1 N–H and O–H groups in total. The highest BCUT2D eigenvalue weighted by Crippen LogP contribution is 2.38. The third-order valence-electron chi connectivity index (χ3n) is 4.21. The summed E-state index contributed by atoms with van der Waals surface area (Å²) in [7, 11) is 0. The second-order valence-corrected chi connectivity index (χ2v) is 7.22. The van der Waals surface area contributed by atoms with Crippen molar-refractivity contribution in [3.05, 3.63) is 16.1 Å². The largest absolute Gasteiger partial charge is 0.367 e. The van der Waals surface area contributed by atoms with Crippen molar-refractivity contribution in [2.24, 2.45) is 0 Å². The predicted octanol–water partition coefficient (Wildman–Crippen LogP) is 3.72. The molecule has 2 fully saturated rings. The molecule has 1 atom stereocenters. The van der Waals surface area contributed by atoms with Gasteiger partial charge in [0.2, 0.25) is 0 Å². The maximum atomic E-state index is 6.45. The number of nitrogens with one attached hydrogen (secondary N) is 1. The van der Waals surface area contributed by atoms with E-state index in [0.29, 0.717) is 16.1 Å². The fourth-order valence-corrected chi connectivity index (χ4v) is 4.29. The molecule has 2 aromatic rings. The third kappa shape index (κ3) is 2.72. The van der Waals surface area contributed by atoms with Gasteiger partial charge in [-0.05, 0) is 31.7 Å². The zero-order chi connectivity index (χ0) is 14.4. The van der Waals surface area contributed by atoms with Crippen molar-refractivity contribution in [2.45, 2.75) is 37.8 Å². The lowest BCUT2D eigenvalue weighted by Gasteiger charge is -2.35. The van der Waals surface area contributed by atoms with Crippen LogP contribution in [-0.2, 0) is 0 Å². The molecule has 0 radical (unpaired) electrons. The summed E-state index contributed by atoms with van der Waals surface area (Å²) in [5.74, 6) is 0. The summed E-state index contributed by atoms with van der Waals surface area (Å²) in [6.45, 7) is 1.99. The molecule has 2 heterocycles. The SMILES string of the molecule is Clc1cc(Cl)c2nsnc2c1N1CCCC(NC2CC2)C1. The first-order valence-electron chi connectivity index (χ1n) is 7.33. The van der Waals surface area contributed by atoms with Crippen LogP contribution in [0.3, 0.4) is 0 Å². The molecule has 1 unspecified atom stereocenters. The minimum Gasteiger partial charge on any atom is -0.367 e. The lowest BCUT2D eigenvalue weighted by Crippen LogP contribution is -2.46. The Morgan fingerprint density at radius 2 is 1.90 bits per heavy atom. The number of anilines is 1. The Labute approximate surface area is 137 Å². The average molecular weight is 343 g/mol. The van der Waals surface area contributed by atoms with Crippen LogP contribution in [0, 0.1) is 0 Å². The van der Waals surface area contributed by atoms with Gasteiger partial charge < -0.3 is 10.2 Å². The van der Waals surface area contributed by atoms with E-state index in [1.807, 2.05) is 0 Å². The summed E-state index contributed by atoms with van der Waals surface area (Å²) in [5, 5.41) is 4.98. The number of hydrogen-bond donors (Lipinski definition) is 1. The quantitative estimate of drug-likeness (QED) is 0.922. The molecule has 0 bridgehead atoms. The second kappa shape index (κ2) is 5.54. The number of piperidine rings is 1. The Morgan fingerprint density at radius 1 is 1.10 bits per heavy atom. The zero-order valence-corrected chi connectivity index (χ0v) is 13.8. The van der Waals surface area contributed by atoms with E-state index in [0.717, 1.165) is 35.9 Å². The number of benzene rings is 1. The molecule has 21 heavy (non-hydrogen) atoms. The lowest BCUT2D eigenvalue weighted by atomic mass is 10.0. The Morgan fingerprint density at radius 3 is 2.71 bits per heavy atom. The molecule has 4 nitrogen and oxygen atoms in total. The Bertz CT molecular complexity index is 670. The van der Waals surface area contributed by atoms with Crippen molar-refractivity contribution in [1.29, 1.82) is 0 Å². The first-order chi connectivity index (χ1) is 10.2. The minimum absolute atomic E-state index is 0.541. The maximum Gasteiger partial charge on any atom is 0.131 e. The van der Waals surface area contributed by atoms with Crippen LogP contribution >= 0.6 is 34.9 Å². The van der Waals surface area contributed by atoms with Crippen molar-refractivity contribution in [3.63, 3.8) is 0 Å². The van der Waals surface area contributed by atoms with E-state index in [4.69, 9.17) is 23.2 Å². The Hall–Kier alpha value is -0.620. The molecule has 112 valence electrons. The average Bonchev–Trinajstić information content (AvgIpc) is 3.13. The van der Waals surface area contributed by atoms with Crippen molar-refractivity contribution in [2.75, 3.05) is 18.0 Å². The van der Waals surface area contributed by atoms with Crippen LogP contribution in [0.4, 0.5) is 5.69 Å². The summed E-state index contributed by atoms with van der Waals surface area (Å²) in [4.78, 5) is 2.34. The number of hydrogen-bond acceptors (Lipinski definition) is 5. The summed E-state index contributed by atoms with van der Waals surface area (Å²) >= 11 is 13.9. The molecule has 1 aliphatic heterocycles. The number of nitrogens with zero attached hydrogens (tertiary/aromatic N) is 3. The van der Waals surface area contributed by atoms with Crippen molar-refractivity contribution in [1.82, 2.24) is 14.1 Å². The second-order valence-electron chi connectivity index (χ2n) is 5.88. The van der Waals surface area contributed by atoms with Gasteiger partial charge >= 0.3 is 0 Å². The van der Waals surface area contributed by atoms with Gasteiger partial charge in [-0.3, -0.25) is 0 Å². The van der Waals surface area contributed by atoms with Crippen LogP contribution < -0.4 is 10.2 Å². The molecule has 4 rings (SSSR count). The van der Waals surface area contributed by atoms with Gasteiger partial charge in [-0.2, -0.15) is 8.75 Å². The third-order valence-corrected chi connectivity index (χ3v) is 5.31. The zero-order valence-electron chi connectivity index (χ0n) is 11.5. The van der Waals surface area contributed by atoms with E-state index < -0.39 is 0 Å². The Kier molecular flexibility index (Phi) is 3.69. The molecular weight excluding hydrogens is 327 g/mol. The van der Waals surface area contributed by atoms with Gasteiger partial charge in [0.1, 0.15) is 11.0 Å². The van der Waals surface area contributed by atoms with Crippen molar-refractivity contribution >= 4 is 51.7 Å². The number of fused-ring (bicyclic) bond motifs is 1. The molecule has 1 aromatic heterocycles. The molecule has 2 aliphatic rings.